The first-order valence-electron chi connectivity index (χ1n) is 8.12. The standard InChI is InChI=1S/C17H19FN2O4S/c18-12-4-2-1-3-10(12)7-14-15(21)19-13(9-25-14)16(22)20-6-5-11(8-20)17(23)24/h1-4,11,13-14H,5-9H2,(H,19,21)(H,23,24). The van der Waals surface area contributed by atoms with E-state index in [2.05, 4.69) is 5.32 Å². The molecule has 0 bridgehead atoms. The Morgan fingerprint density at radius 3 is 2.76 bits per heavy atom. The summed E-state index contributed by atoms with van der Waals surface area (Å²) in [5, 5.41) is 11.3. The molecule has 2 fully saturated rings. The smallest absolute Gasteiger partial charge is 0.308 e. The van der Waals surface area contributed by atoms with Gasteiger partial charge in [0.25, 0.3) is 0 Å². The SMILES string of the molecule is O=C(O)C1CCN(C(=O)C2CSC(Cc3ccccc3F)C(=O)N2)C1. The van der Waals surface area contributed by atoms with Crippen LogP contribution in [0.1, 0.15) is 12.0 Å². The monoisotopic (exact) mass is 366 g/mol. The van der Waals surface area contributed by atoms with Crippen molar-refractivity contribution >= 4 is 29.5 Å². The summed E-state index contributed by atoms with van der Waals surface area (Å²) >= 11 is 1.33. The minimum atomic E-state index is -0.901. The van der Waals surface area contributed by atoms with Gasteiger partial charge in [0.1, 0.15) is 11.9 Å². The molecule has 2 heterocycles. The van der Waals surface area contributed by atoms with E-state index in [9.17, 15) is 18.8 Å². The molecule has 0 aliphatic carbocycles. The fraction of sp³-hybridized carbons (Fsp3) is 0.471. The van der Waals surface area contributed by atoms with E-state index in [1.54, 1.807) is 18.2 Å². The van der Waals surface area contributed by atoms with Crippen molar-refractivity contribution in [2.75, 3.05) is 18.8 Å². The van der Waals surface area contributed by atoms with Gasteiger partial charge in [-0.1, -0.05) is 18.2 Å². The number of nitrogens with one attached hydrogen (secondary N) is 1. The van der Waals surface area contributed by atoms with Crippen molar-refractivity contribution in [3.05, 3.63) is 35.6 Å². The van der Waals surface area contributed by atoms with Crippen LogP contribution in [0.15, 0.2) is 24.3 Å². The van der Waals surface area contributed by atoms with Crippen molar-refractivity contribution in [2.24, 2.45) is 5.92 Å². The third-order valence-corrected chi connectivity index (χ3v) is 5.89. The van der Waals surface area contributed by atoms with Crippen molar-refractivity contribution in [1.29, 1.82) is 0 Å². The Balaban J connectivity index is 1.57. The number of amides is 2. The zero-order chi connectivity index (χ0) is 18.0. The second-order valence-corrected chi connectivity index (χ2v) is 7.52. The van der Waals surface area contributed by atoms with Crippen LogP contribution >= 0.6 is 11.8 Å². The number of thioether (sulfide) groups is 1. The van der Waals surface area contributed by atoms with E-state index in [0.29, 0.717) is 24.3 Å². The maximum absolute atomic E-state index is 13.7. The molecule has 3 rings (SSSR count). The summed E-state index contributed by atoms with van der Waals surface area (Å²) in [7, 11) is 0. The summed E-state index contributed by atoms with van der Waals surface area (Å²) in [6.45, 7) is 0.579. The number of halogens is 1. The second kappa shape index (κ2) is 7.43. The van der Waals surface area contributed by atoms with Crippen LogP contribution in [-0.2, 0) is 20.8 Å². The number of carbonyl (C=O) groups is 3. The molecule has 3 unspecified atom stereocenters. The predicted molar refractivity (Wildman–Crippen MR) is 90.6 cm³/mol. The van der Waals surface area contributed by atoms with Crippen LogP contribution in [-0.4, -0.2) is 57.9 Å². The highest BCUT2D eigenvalue weighted by Gasteiger charge is 2.38. The quantitative estimate of drug-likeness (QED) is 0.827. The molecule has 2 aliphatic heterocycles. The Morgan fingerprint density at radius 1 is 1.36 bits per heavy atom. The molecule has 8 heteroatoms. The van der Waals surface area contributed by atoms with Crippen molar-refractivity contribution in [3.63, 3.8) is 0 Å². The van der Waals surface area contributed by atoms with Crippen LogP contribution in [0, 0.1) is 11.7 Å². The molecular formula is C17H19FN2O4S. The zero-order valence-corrected chi connectivity index (χ0v) is 14.3. The summed E-state index contributed by atoms with van der Waals surface area (Å²) in [5.74, 6) is -1.91. The third-order valence-electron chi connectivity index (χ3n) is 4.58. The number of benzene rings is 1. The molecule has 2 saturated heterocycles. The number of rotatable bonds is 4. The van der Waals surface area contributed by atoms with Crippen LogP contribution in [0.5, 0.6) is 0 Å². The Morgan fingerprint density at radius 2 is 2.12 bits per heavy atom. The number of hydrogen-bond acceptors (Lipinski definition) is 4. The minimum absolute atomic E-state index is 0.184. The van der Waals surface area contributed by atoms with Crippen LogP contribution in [0.25, 0.3) is 0 Å². The maximum Gasteiger partial charge on any atom is 0.308 e. The minimum Gasteiger partial charge on any atom is -0.481 e. The van der Waals surface area contributed by atoms with Gasteiger partial charge in [-0.3, -0.25) is 14.4 Å². The Kier molecular flexibility index (Phi) is 5.27. The Hall–Kier alpha value is -2.09. The molecule has 2 amide bonds. The van der Waals surface area contributed by atoms with Crippen LogP contribution in [0.3, 0.4) is 0 Å². The van der Waals surface area contributed by atoms with Gasteiger partial charge >= 0.3 is 5.97 Å². The molecule has 134 valence electrons. The van der Waals surface area contributed by atoms with Crippen molar-refractivity contribution in [3.8, 4) is 0 Å². The third kappa shape index (κ3) is 3.95. The van der Waals surface area contributed by atoms with Gasteiger partial charge in [-0.15, -0.1) is 11.8 Å². The van der Waals surface area contributed by atoms with Gasteiger partial charge < -0.3 is 15.3 Å². The van der Waals surface area contributed by atoms with Gasteiger partial charge in [-0.25, -0.2) is 4.39 Å². The number of nitrogens with zero attached hydrogens (tertiary/aromatic N) is 1. The highest BCUT2D eigenvalue weighted by atomic mass is 32.2. The fourth-order valence-electron chi connectivity index (χ4n) is 3.13. The van der Waals surface area contributed by atoms with E-state index in [4.69, 9.17) is 5.11 Å². The Labute approximate surface area is 148 Å². The fourth-order valence-corrected chi connectivity index (χ4v) is 4.29. The summed E-state index contributed by atoms with van der Waals surface area (Å²) in [4.78, 5) is 37.3. The molecule has 2 N–H and O–H groups in total. The lowest BCUT2D eigenvalue weighted by molar-refractivity contribution is -0.141. The lowest BCUT2D eigenvalue weighted by Gasteiger charge is -2.30. The summed E-state index contributed by atoms with van der Waals surface area (Å²) < 4.78 is 13.7. The highest BCUT2D eigenvalue weighted by Crippen LogP contribution is 2.25. The van der Waals surface area contributed by atoms with Crippen molar-refractivity contribution in [1.82, 2.24) is 10.2 Å². The predicted octanol–water partition coefficient (Wildman–Crippen LogP) is 0.901. The van der Waals surface area contributed by atoms with Crippen molar-refractivity contribution < 1.29 is 23.9 Å². The summed E-state index contributed by atoms with van der Waals surface area (Å²) in [5.41, 5.74) is 0.476. The average molecular weight is 366 g/mol. The topological polar surface area (TPSA) is 86.7 Å². The first-order valence-corrected chi connectivity index (χ1v) is 9.17. The largest absolute Gasteiger partial charge is 0.481 e. The lowest BCUT2D eigenvalue weighted by Crippen LogP contribution is -2.55. The van der Waals surface area contributed by atoms with Gasteiger partial charge in [0.15, 0.2) is 0 Å². The van der Waals surface area contributed by atoms with Gasteiger partial charge in [0.2, 0.25) is 11.8 Å². The average Bonchev–Trinajstić information content (AvgIpc) is 3.08. The number of carboxylic acids is 1. The first-order chi connectivity index (χ1) is 12.0. The van der Waals surface area contributed by atoms with E-state index in [0.717, 1.165) is 0 Å². The van der Waals surface area contributed by atoms with Crippen LogP contribution in [0.4, 0.5) is 4.39 Å². The summed E-state index contributed by atoms with van der Waals surface area (Å²) in [6, 6.07) is 5.68. The number of carbonyl (C=O) groups excluding carboxylic acids is 2. The van der Waals surface area contributed by atoms with E-state index in [-0.39, 0.29) is 30.6 Å². The lowest BCUT2D eigenvalue weighted by atomic mass is 10.1. The molecule has 1 aromatic rings. The van der Waals surface area contributed by atoms with E-state index in [1.807, 2.05) is 0 Å². The first kappa shape index (κ1) is 17.7. The van der Waals surface area contributed by atoms with Gasteiger partial charge in [-0.2, -0.15) is 0 Å². The number of hydrogen-bond donors (Lipinski definition) is 2. The van der Waals surface area contributed by atoms with Crippen molar-refractivity contribution in [2.45, 2.75) is 24.1 Å². The molecular weight excluding hydrogens is 347 g/mol. The zero-order valence-electron chi connectivity index (χ0n) is 13.5. The molecule has 6 nitrogen and oxygen atoms in total. The molecule has 0 aromatic heterocycles. The van der Waals surface area contributed by atoms with Gasteiger partial charge in [0, 0.05) is 18.8 Å². The highest BCUT2D eigenvalue weighted by molar-refractivity contribution is 8.00. The normalized spacial score (nSPS) is 26.4. The van der Waals surface area contributed by atoms with E-state index < -0.39 is 23.2 Å². The van der Waals surface area contributed by atoms with Crippen LogP contribution < -0.4 is 5.32 Å². The molecule has 0 spiro atoms. The van der Waals surface area contributed by atoms with E-state index in [1.165, 1.54) is 22.7 Å². The number of carboxylic acid groups (broad SMARTS) is 1. The molecule has 3 atom stereocenters. The molecule has 0 saturated carbocycles. The molecule has 25 heavy (non-hydrogen) atoms. The van der Waals surface area contributed by atoms with Gasteiger partial charge in [0.05, 0.1) is 11.2 Å². The molecule has 2 aliphatic rings. The summed E-state index contributed by atoms with van der Waals surface area (Å²) in [6.07, 6.45) is 0.708. The maximum atomic E-state index is 13.7. The Bertz CT molecular complexity index is 699. The molecule has 1 aromatic carbocycles. The number of aliphatic carboxylic acids is 1. The van der Waals surface area contributed by atoms with E-state index >= 15 is 0 Å². The molecule has 0 radical (unpaired) electrons. The van der Waals surface area contributed by atoms with Crippen LogP contribution in [0.2, 0.25) is 0 Å². The second-order valence-electron chi connectivity index (χ2n) is 6.29. The van der Waals surface area contributed by atoms with Gasteiger partial charge in [-0.05, 0) is 24.5 Å². The number of likely N-dealkylation sites (tertiary alicyclic amines) is 1.